The predicted molar refractivity (Wildman–Crippen MR) is 64.8 cm³/mol. The van der Waals surface area contributed by atoms with Crippen molar-refractivity contribution in [1.82, 2.24) is 0 Å². The van der Waals surface area contributed by atoms with Crippen LogP contribution in [0.15, 0.2) is 29.0 Å². The second kappa shape index (κ2) is 5.25. The molecule has 2 rings (SSSR count). The van der Waals surface area contributed by atoms with Crippen molar-refractivity contribution in [2.24, 2.45) is 5.11 Å². The van der Waals surface area contributed by atoms with Gasteiger partial charge in [-0.15, -0.1) is 0 Å². The molecule has 6 heteroatoms. The van der Waals surface area contributed by atoms with E-state index >= 15 is 0 Å². The molecule has 1 heterocycles. The second-order valence-electron chi connectivity index (χ2n) is 3.64. The molecule has 0 aliphatic carbocycles. The number of hydrogen-bond acceptors (Lipinski definition) is 4. The average molecular weight is 245 g/mol. The van der Waals surface area contributed by atoms with Gasteiger partial charge in [0.2, 0.25) is 0 Å². The molecule has 0 bridgehead atoms. The average Bonchev–Trinajstić information content (AvgIpc) is 2.86. The van der Waals surface area contributed by atoms with Gasteiger partial charge in [-0.1, -0.05) is 23.3 Å². The summed E-state index contributed by atoms with van der Waals surface area (Å²) in [6, 6.07) is 5.62. The molecule has 0 amide bonds. The maximum Gasteiger partial charge on any atom is 0.340 e. The topological polar surface area (TPSA) is 84.3 Å². The molecule has 0 unspecified atom stereocenters. The van der Waals surface area contributed by atoms with Gasteiger partial charge in [-0.25, -0.2) is 4.79 Å². The number of carbonyl (C=O) groups excluding carboxylic acids is 1. The predicted octanol–water partition coefficient (Wildman–Crippen LogP) is 2.45. The minimum atomic E-state index is -0.677. The van der Waals surface area contributed by atoms with Crippen molar-refractivity contribution in [3.05, 3.63) is 45.5 Å². The number of fused-ring (bicyclic) bond motifs is 1. The Balaban J connectivity index is 2.45. The van der Waals surface area contributed by atoms with Gasteiger partial charge < -0.3 is 9.47 Å². The minimum absolute atomic E-state index is 0.0936. The van der Waals surface area contributed by atoms with E-state index in [4.69, 9.17) is 10.3 Å². The molecule has 1 aromatic carbocycles. The SMILES string of the molecule is COC(=O)C(=Cc1cccc2c1OCC2)N=[N+]=[N-]. The van der Waals surface area contributed by atoms with Crippen molar-refractivity contribution in [3.63, 3.8) is 0 Å². The van der Waals surface area contributed by atoms with E-state index in [-0.39, 0.29) is 5.70 Å². The number of methoxy groups -OCH3 is 1. The zero-order valence-corrected chi connectivity index (χ0v) is 9.79. The number of para-hydroxylation sites is 1. The van der Waals surface area contributed by atoms with Gasteiger partial charge in [0.15, 0.2) is 0 Å². The van der Waals surface area contributed by atoms with Gasteiger partial charge in [0, 0.05) is 16.9 Å². The van der Waals surface area contributed by atoms with Crippen LogP contribution in [0.3, 0.4) is 0 Å². The van der Waals surface area contributed by atoms with Gasteiger partial charge in [0.25, 0.3) is 0 Å². The molecule has 1 aliphatic heterocycles. The van der Waals surface area contributed by atoms with E-state index < -0.39 is 5.97 Å². The summed E-state index contributed by atoms with van der Waals surface area (Å²) >= 11 is 0. The first-order valence-electron chi connectivity index (χ1n) is 5.36. The largest absolute Gasteiger partial charge is 0.492 e. The van der Waals surface area contributed by atoms with E-state index in [0.29, 0.717) is 12.2 Å². The molecule has 0 atom stereocenters. The Kier molecular flexibility index (Phi) is 3.50. The molecule has 0 fully saturated rings. The smallest absolute Gasteiger partial charge is 0.340 e. The van der Waals surface area contributed by atoms with E-state index in [9.17, 15) is 4.79 Å². The Morgan fingerprint density at radius 2 is 2.44 bits per heavy atom. The number of ether oxygens (including phenoxy) is 2. The number of hydrogen-bond donors (Lipinski definition) is 0. The number of rotatable bonds is 3. The lowest BCUT2D eigenvalue weighted by molar-refractivity contribution is -0.136. The fourth-order valence-electron chi connectivity index (χ4n) is 1.78. The third-order valence-electron chi connectivity index (χ3n) is 2.58. The first kappa shape index (κ1) is 12.0. The Morgan fingerprint density at radius 3 is 3.17 bits per heavy atom. The standard InChI is InChI=1S/C12H11N3O3/c1-17-12(16)10(14-15-13)7-9-4-2-3-8-5-6-18-11(8)9/h2-4,7H,5-6H2,1H3. The molecule has 0 radical (unpaired) electrons. The Bertz CT molecular complexity index is 560. The number of esters is 1. The van der Waals surface area contributed by atoms with Crippen LogP contribution in [0.2, 0.25) is 0 Å². The van der Waals surface area contributed by atoms with Crippen molar-refractivity contribution >= 4 is 12.0 Å². The normalized spacial score (nSPS) is 13.3. The molecular weight excluding hydrogens is 234 g/mol. The van der Waals surface area contributed by atoms with Crippen LogP contribution in [-0.4, -0.2) is 19.7 Å². The summed E-state index contributed by atoms with van der Waals surface area (Å²) in [7, 11) is 1.23. The summed E-state index contributed by atoms with van der Waals surface area (Å²) in [4.78, 5) is 14.0. The number of carbonyl (C=O) groups is 1. The van der Waals surface area contributed by atoms with E-state index in [0.717, 1.165) is 17.7 Å². The van der Waals surface area contributed by atoms with Crippen LogP contribution >= 0.6 is 0 Å². The zero-order chi connectivity index (χ0) is 13.0. The van der Waals surface area contributed by atoms with E-state index in [1.807, 2.05) is 12.1 Å². The van der Waals surface area contributed by atoms with E-state index in [1.165, 1.54) is 13.2 Å². The lowest BCUT2D eigenvalue weighted by Crippen LogP contribution is -2.02. The summed E-state index contributed by atoms with van der Waals surface area (Å²) in [6.45, 7) is 0.620. The summed E-state index contributed by atoms with van der Waals surface area (Å²) < 4.78 is 10.0. The Labute approximate surface area is 103 Å². The molecule has 0 saturated heterocycles. The van der Waals surface area contributed by atoms with Crippen LogP contribution < -0.4 is 4.74 Å². The highest BCUT2D eigenvalue weighted by Gasteiger charge is 2.16. The zero-order valence-electron chi connectivity index (χ0n) is 9.79. The molecule has 0 spiro atoms. The van der Waals surface area contributed by atoms with Crippen LogP contribution in [0.1, 0.15) is 11.1 Å². The van der Waals surface area contributed by atoms with Gasteiger partial charge in [-0.05, 0) is 17.2 Å². The highest BCUT2D eigenvalue weighted by molar-refractivity contribution is 5.93. The third-order valence-corrected chi connectivity index (χ3v) is 2.58. The molecule has 1 aromatic rings. The molecule has 0 N–H and O–H groups in total. The van der Waals surface area contributed by atoms with Gasteiger partial charge in [0.1, 0.15) is 11.4 Å². The summed E-state index contributed by atoms with van der Waals surface area (Å²) in [5, 5.41) is 3.33. The van der Waals surface area contributed by atoms with Gasteiger partial charge >= 0.3 is 5.97 Å². The van der Waals surface area contributed by atoms with Crippen molar-refractivity contribution in [1.29, 1.82) is 0 Å². The number of nitrogens with zero attached hydrogens (tertiary/aromatic N) is 3. The third kappa shape index (κ3) is 2.28. The monoisotopic (exact) mass is 245 g/mol. The first-order valence-corrected chi connectivity index (χ1v) is 5.36. The number of azide groups is 1. The van der Waals surface area contributed by atoms with Crippen LogP contribution in [0, 0.1) is 0 Å². The van der Waals surface area contributed by atoms with Crippen molar-refractivity contribution < 1.29 is 14.3 Å². The number of benzene rings is 1. The molecule has 1 aliphatic rings. The van der Waals surface area contributed by atoms with Gasteiger partial charge in [0.05, 0.1) is 13.7 Å². The maximum atomic E-state index is 11.4. The summed E-state index contributed by atoms with van der Waals surface area (Å²) in [6.07, 6.45) is 2.31. The summed E-state index contributed by atoms with van der Waals surface area (Å²) in [5.74, 6) is 0.0513. The van der Waals surface area contributed by atoms with Gasteiger partial charge in [-0.2, -0.15) is 0 Å². The van der Waals surface area contributed by atoms with Crippen LogP contribution in [-0.2, 0) is 16.0 Å². The van der Waals surface area contributed by atoms with Crippen LogP contribution in [0.4, 0.5) is 0 Å². The van der Waals surface area contributed by atoms with Gasteiger partial charge in [-0.3, -0.25) is 0 Å². The van der Waals surface area contributed by atoms with Crippen molar-refractivity contribution in [2.75, 3.05) is 13.7 Å². The highest BCUT2D eigenvalue weighted by atomic mass is 16.5. The maximum absolute atomic E-state index is 11.4. The molecule has 0 aromatic heterocycles. The molecule has 18 heavy (non-hydrogen) atoms. The Hall–Kier alpha value is -2.46. The van der Waals surface area contributed by atoms with E-state index in [2.05, 4.69) is 14.8 Å². The van der Waals surface area contributed by atoms with Crippen molar-refractivity contribution in [2.45, 2.75) is 6.42 Å². The Morgan fingerprint density at radius 1 is 1.61 bits per heavy atom. The molecule has 92 valence electrons. The van der Waals surface area contributed by atoms with Crippen LogP contribution in [0.5, 0.6) is 5.75 Å². The van der Waals surface area contributed by atoms with E-state index in [1.54, 1.807) is 6.07 Å². The summed E-state index contributed by atoms with van der Waals surface area (Å²) in [5.41, 5.74) is 10.1. The molecule has 6 nitrogen and oxygen atoms in total. The van der Waals surface area contributed by atoms with Crippen molar-refractivity contribution in [3.8, 4) is 5.75 Å². The highest BCUT2D eigenvalue weighted by Crippen LogP contribution is 2.31. The molecular formula is C12H11N3O3. The lowest BCUT2D eigenvalue weighted by Gasteiger charge is -2.04. The fraction of sp³-hybridized carbons (Fsp3) is 0.250. The quantitative estimate of drug-likeness (QED) is 0.269. The lowest BCUT2D eigenvalue weighted by atomic mass is 10.1. The van der Waals surface area contributed by atoms with Crippen LogP contribution in [0.25, 0.3) is 16.5 Å². The molecule has 0 saturated carbocycles. The minimum Gasteiger partial charge on any atom is -0.492 e. The fourth-order valence-corrected chi connectivity index (χ4v) is 1.78. The second-order valence-corrected chi connectivity index (χ2v) is 3.64. The first-order chi connectivity index (χ1) is 8.76.